The molecule has 0 spiro atoms. The van der Waals surface area contributed by atoms with Crippen molar-refractivity contribution in [3.8, 4) is 0 Å². The van der Waals surface area contributed by atoms with E-state index in [2.05, 4.69) is 18.7 Å². The topological polar surface area (TPSA) is 38.7 Å². The van der Waals surface area contributed by atoms with Crippen LogP contribution < -0.4 is 0 Å². The predicted molar refractivity (Wildman–Crippen MR) is 108 cm³/mol. The van der Waals surface area contributed by atoms with Crippen LogP contribution in [0.4, 0.5) is 0 Å². The summed E-state index contributed by atoms with van der Waals surface area (Å²) in [6.07, 6.45) is 14.9. The van der Waals surface area contributed by atoms with Crippen LogP contribution in [0.1, 0.15) is 50.5 Å². The van der Waals surface area contributed by atoms with E-state index in [-0.39, 0.29) is 0 Å². The van der Waals surface area contributed by atoms with Gasteiger partial charge in [-0.1, -0.05) is 74.2 Å². The van der Waals surface area contributed by atoms with Gasteiger partial charge in [0.15, 0.2) is 5.79 Å². The molecule has 0 heterocycles. The summed E-state index contributed by atoms with van der Waals surface area (Å²) < 4.78 is 11.1. The summed E-state index contributed by atoms with van der Waals surface area (Å²) in [5.74, 6) is -1.15. The fraction of sp³-hybridized carbons (Fsp3) is 0.478. The number of benzene rings is 1. The number of aliphatic hydroxyl groups is 1. The van der Waals surface area contributed by atoms with Gasteiger partial charge in [0.25, 0.3) is 0 Å². The Morgan fingerprint density at radius 3 is 2.35 bits per heavy atom. The third-order valence-corrected chi connectivity index (χ3v) is 4.52. The Morgan fingerprint density at radius 1 is 1.00 bits per heavy atom. The van der Waals surface area contributed by atoms with Gasteiger partial charge < -0.3 is 14.6 Å². The second kappa shape index (κ2) is 11.8. The standard InChI is InChI=1S/C23H32O3/c1-2-18-25-19-10-5-3-4-6-11-20-26-23(24)16-14-22(15-17-23)21-12-8-7-9-13-21/h2,7-9,12-16,24H,1,3-6,10-11,17-20H2. The first-order valence-electron chi connectivity index (χ1n) is 9.73. The van der Waals surface area contributed by atoms with Crippen LogP contribution in [0.15, 0.2) is 61.2 Å². The van der Waals surface area contributed by atoms with E-state index in [4.69, 9.17) is 9.47 Å². The van der Waals surface area contributed by atoms with Crippen molar-refractivity contribution in [1.29, 1.82) is 0 Å². The smallest absolute Gasteiger partial charge is 0.189 e. The molecule has 26 heavy (non-hydrogen) atoms. The minimum absolute atomic E-state index is 0.498. The van der Waals surface area contributed by atoms with Crippen LogP contribution in [-0.4, -0.2) is 30.7 Å². The van der Waals surface area contributed by atoms with Gasteiger partial charge in [0.05, 0.1) is 13.2 Å². The molecule has 1 atom stereocenters. The lowest BCUT2D eigenvalue weighted by atomic mass is 9.96. The third-order valence-electron chi connectivity index (χ3n) is 4.52. The summed E-state index contributed by atoms with van der Waals surface area (Å²) >= 11 is 0. The fourth-order valence-corrected chi connectivity index (χ4v) is 2.99. The van der Waals surface area contributed by atoms with E-state index in [0.717, 1.165) is 31.4 Å². The molecule has 0 saturated heterocycles. The molecule has 0 radical (unpaired) electrons. The zero-order chi connectivity index (χ0) is 18.5. The van der Waals surface area contributed by atoms with E-state index in [1.807, 2.05) is 30.4 Å². The van der Waals surface area contributed by atoms with Crippen LogP contribution in [0.5, 0.6) is 0 Å². The van der Waals surface area contributed by atoms with E-state index in [0.29, 0.717) is 19.6 Å². The Morgan fingerprint density at radius 2 is 1.69 bits per heavy atom. The van der Waals surface area contributed by atoms with Gasteiger partial charge in [-0.2, -0.15) is 0 Å². The first kappa shape index (κ1) is 20.6. The van der Waals surface area contributed by atoms with Crippen molar-refractivity contribution in [2.45, 2.75) is 50.7 Å². The number of rotatable bonds is 13. The number of unbranched alkanes of at least 4 members (excludes halogenated alkanes) is 5. The lowest BCUT2D eigenvalue weighted by molar-refractivity contribution is -0.165. The highest BCUT2D eigenvalue weighted by atomic mass is 16.6. The van der Waals surface area contributed by atoms with Gasteiger partial charge in [-0.25, -0.2) is 0 Å². The molecule has 1 aromatic carbocycles. The molecule has 1 aliphatic rings. The van der Waals surface area contributed by atoms with E-state index < -0.39 is 5.79 Å². The zero-order valence-electron chi connectivity index (χ0n) is 15.7. The summed E-state index contributed by atoms with van der Waals surface area (Å²) in [7, 11) is 0. The highest BCUT2D eigenvalue weighted by Crippen LogP contribution is 2.27. The summed E-state index contributed by atoms with van der Waals surface area (Å²) in [4.78, 5) is 0. The summed E-state index contributed by atoms with van der Waals surface area (Å²) in [5.41, 5.74) is 2.30. The van der Waals surface area contributed by atoms with Gasteiger partial charge in [0.2, 0.25) is 0 Å². The highest BCUT2D eigenvalue weighted by molar-refractivity contribution is 5.75. The maximum absolute atomic E-state index is 10.5. The minimum atomic E-state index is -1.15. The Kier molecular flexibility index (Phi) is 9.40. The Labute approximate surface area is 158 Å². The lowest BCUT2D eigenvalue weighted by Gasteiger charge is -2.27. The van der Waals surface area contributed by atoms with Crippen LogP contribution in [0, 0.1) is 0 Å². The number of hydrogen-bond donors (Lipinski definition) is 1. The van der Waals surface area contributed by atoms with Crippen LogP contribution in [0.3, 0.4) is 0 Å². The van der Waals surface area contributed by atoms with Crippen molar-refractivity contribution in [1.82, 2.24) is 0 Å². The summed E-state index contributed by atoms with van der Waals surface area (Å²) in [5, 5.41) is 10.5. The van der Waals surface area contributed by atoms with Gasteiger partial charge in [0, 0.05) is 13.0 Å². The highest BCUT2D eigenvalue weighted by Gasteiger charge is 2.25. The molecular weight excluding hydrogens is 324 g/mol. The first-order valence-corrected chi connectivity index (χ1v) is 9.73. The monoisotopic (exact) mass is 356 g/mol. The minimum Gasteiger partial charge on any atom is -0.377 e. The molecule has 0 fully saturated rings. The number of allylic oxidation sites excluding steroid dienone is 2. The summed E-state index contributed by atoms with van der Waals surface area (Å²) in [6.45, 7) is 5.70. The van der Waals surface area contributed by atoms with E-state index in [1.165, 1.54) is 24.8 Å². The van der Waals surface area contributed by atoms with Gasteiger partial charge in [-0.15, -0.1) is 6.58 Å². The van der Waals surface area contributed by atoms with Crippen molar-refractivity contribution in [2.24, 2.45) is 0 Å². The normalized spacial score (nSPS) is 19.3. The van der Waals surface area contributed by atoms with Crippen LogP contribution in [0.2, 0.25) is 0 Å². The van der Waals surface area contributed by atoms with Crippen molar-refractivity contribution >= 4 is 5.57 Å². The second-order valence-electron chi connectivity index (χ2n) is 6.74. The zero-order valence-corrected chi connectivity index (χ0v) is 15.7. The Hall–Kier alpha value is -1.68. The van der Waals surface area contributed by atoms with Crippen molar-refractivity contribution in [3.05, 3.63) is 66.8 Å². The molecule has 3 nitrogen and oxygen atoms in total. The molecule has 0 amide bonds. The average Bonchev–Trinajstić information content (AvgIpc) is 2.67. The van der Waals surface area contributed by atoms with Crippen molar-refractivity contribution in [3.63, 3.8) is 0 Å². The van der Waals surface area contributed by atoms with Gasteiger partial charge >= 0.3 is 0 Å². The van der Waals surface area contributed by atoms with Crippen molar-refractivity contribution in [2.75, 3.05) is 19.8 Å². The maximum Gasteiger partial charge on any atom is 0.189 e. The maximum atomic E-state index is 10.5. The number of hydrogen-bond acceptors (Lipinski definition) is 3. The second-order valence-corrected chi connectivity index (χ2v) is 6.74. The van der Waals surface area contributed by atoms with Crippen molar-refractivity contribution < 1.29 is 14.6 Å². The molecule has 0 aliphatic heterocycles. The predicted octanol–water partition coefficient (Wildman–Crippen LogP) is 5.28. The van der Waals surface area contributed by atoms with Gasteiger partial charge in [-0.3, -0.25) is 0 Å². The molecule has 2 rings (SSSR count). The summed E-state index contributed by atoms with van der Waals surface area (Å²) in [6, 6.07) is 10.2. The molecule has 1 unspecified atom stereocenters. The SMILES string of the molecule is C=CCOCCCCCCCCOC1(O)C=CC(c2ccccc2)=CC1. The quantitative estimate of drug-likeness (QED) is 0.297. The molecule has 1 aliphatic carbocycles. The van der Waals surface area contributed by atoms with Crippen LogP contribution >= 0.6 is 0 Å². The molecule has 0 bridgehead atoms. The van der Waals surface area contributed by atoms with Crippen LogP contribution in [0.25, 0.3) is 5.57 Å². The molecule has 1 N–H and O–H groups in total. The average molecular weight is 357 g/mol. The Bertz CT molecular complexity index is 576. The molecule has 0 aromatic heterocycles. The van der Waals surface area contributed by atoms with E-state index >= 15 is 0 Å². The molecule has 1 aromatic rings. The molecule has 142 valence electrons. The fourth-order valence-electron chi connectivity index (χ4n) is 2.99. The van der Waals surface area contributed by atoms with E-state index in [1.54, 1.807) is 12.2 Å². The van der Waals surface area contributed by atoms with Gasteiger partial charge in [-0.05, 0) is 30.1 Å². The molecular formula is C23H32O3. The number of ether oxygens (including phenoxy) is 2. The van der Waals surface area contributed by atoms with Gasteiger partial charge in [0.1, 0.15) is 0 Å². The lowest BCUT2D eigenvalue weighted by Crippen LogP contribution is -2.31. The van der Waals surface area contributed by atoms with E-state index in [9.17, 15) is 5.11 Å². The molecule has 0 saturated carbocycles. The first-order chi connectivity index (χ1) is 12.7. The third kappa shape index (κ3) is 7.69. The Balaban J connectivity index is 1.53. The van der Waals surface area contributed by atoms with Crippen LogP contribution in [-0.2, 0) is 9.47 Å². The largest absolute Gasteiger partial charge is 0.377 e. The molecule has 3 heteroatoms.